The van der Waals surface area contributed by atoms with E-state index < -0.39 is 9.84 Å². The van der Waals surface area contributed by atoms with Crippen LogP contribution < -0.4 is 0 Å². The fourth-order valence-corrected chi connectivity index (χ4v) is 5.04. The monoisotopic (exact) mass is 438 g/mol. The van der Waals surface area contributed by atoms with Gasteiger partial charge in [-0.25, -0.2) is 13.4 Å². The molecule has 1 aliphatic rings. The van der Waals surface area contributed by atoms with Gasteiger partial charge < -0.3 is 4.57 Å². The van der Waals surface area contributed by atoms with Gasteiger partial charge in [0.15, 0.2) is 0 Å². The fourth-order valence-electron chi connectivity index (χ4n) is 2.93. The average molecular weight is 439 g/mol. The SMILES string of the molecule is O=S1(=O)CCC(n2c(CCCl)nc3cc(I)ccc32)CC1. The smallest absolute Gasteiger partial charge is 0.150 e. The summed E-state index contributed by atoms with van der Waals surface area (Å²) in [5.74, 6) is 2.02. The first-order valence-corrected chi connectivity index (χ1v) is 10.4. The number of hydrogen-bond acceptors (Lipinski definition) is 3. The summed E-state index contributed by atoms with van der Waals surface area (Å²) in [7, 11) is -2.85. The number of fused-ring (bicyclic) bond motifs is 1. The van der Waals surface area contributed by atoms with Crippen molar-refractivity contribution < 1.29 is 8.42 Å². The van der Waals surface area contributed by atoms with Crippen molar-refractivity contribution in [2.45, 2.75) is 25.3 Å². The van der Waals surface area contributed by atoms with Crippen molar-refractivity contribution in [2.24, 2.45) is 0 Å². The summed E-state index contributed by atoms with van der Waals surface area (Å²) in [6, 6.07) is 6.40. The van der Waals surface area contributed by atoms with Crippen LogP contribution in [0.1, 0.15) is 24.7 Å². The molecule has 0 aliphatic carbocycles. The van der Waals surface area contributed by atoms with E-state index >= 15 is 0 Å². The second-order valence-corrected chi connectivity index (χ2v) is 9.28. The molecule has 0 saturated carbocycles. The molecule has 1 saturated heterocycles. The van der Waals surface area contributed by atoms with Crippen LogP contribution in [0, 0.1) is 3.57 Å². The summed E-state index contributed by atoms with van der Waals surface area (Å²) in [5, 5.41) is 0. The number of hydrogen-bond donors (Lipinski definition) is 0. The van der Waals surface area contributed by atoms with E-state index in [1.165, 1.54) is 0 Å². The van der Waals surface area contributed by atoms with E-state index in [1.54, 1.807) is 0 Å². The van der Waals surface area contributed by atoms with Gasteiger partial charge in [-0.1, -0.05) is 0 Å². The molecule has 0 radical (unpaired) electrons. The van der Waals surface area contributed by atoms with Crippen LogP contribution in [0.15, 0.2) is 18.2 Å². The van der Waals surface area contributed by atoms with Gasteiger partial charge in [0.2, 0.25) is 0 Å². The zero-order valence-corrected chi connectivity index (χ0v) is 15.2. The first-order valence-electron chi connectivity index (χ1n) is 6.93. The summed E-state index contributed by atoms with van der Waals surface area (Å²) in [6.07, 6.45) is 2.03. The van der Waals surface area contributed by atoms with Gasteiger partial charge in [-0.15, -0.1) is 11.6 Å². The van der Waals surface area contributed by atoms with Crippen LogP contribution in [0.4, 0.5) is 0 Å². The molecule has 0 spiro atoms. The largest absolute Gasteiger partial charge is 0.325 e. The average Bonchev–Trinajstić information content (AvgIpc) is 2.76. The molecule has 0 atom stereocenters. The predicted molar refractivity (Wildman–Crippen MR) is 93.8 cm³/mol. The fraction of sp³-hybridized carbons (Fsp3) is 0.500. The molecule has 0 unspecified atom stereocenters. The van der Waals surface area contributed by atoms with Crippen LogP contribution in [0.5, 0.6) is 0 Å². The van der Waals surface area contributed by atoms with Gasteiger partial charge in [-0.05, 0) is 53.6 Å². The molecule has 0 bridgehead atoms. The minimum Gasteiger partial charge on any atom is -0.325 e. The zero-order valence-electron chi connectivity index (χ0n) is 11.4. The number of benzene rings is 1. The standard InChI is InChI=1S/C14H16ClIN2O2S/c15-6-3-14-17-12-9-10(16)1-2-13(12)18(14)11-4-7-21(19,20)8-5-11/h1-2,9,11H,3-8H2. The van der Waals surface area contributed by atoms with E-state index in [4.69, 9.17) is 16.6 Å². The lowest BCUT2D eigenvalue weighted by Crippen LogP contribution is -2.26. The Labute approximate surface area is 142 Å². The molecular formula is C14H16ClIN2O2S. The Kier molecular flexibility index (Phi) is 4.47. The van der Waals surface area contributed by atoms with Crippen molar-refractivity contribution in [1.29, 1.82) is 0 Å². The summed E-state index contributed by atoms with van der Waals surface area (Å²) in [6.45, 7) is 0. The van der Waals surface area contributed by atoms with Crippen LogP contribution >= 0.6 is 34.2 Å². The molecule has 2 heterocycles. The number of alkyl halides is 1. The maximum Gasteiger partial charge on any atom is 0.150 e. The van der Waals surface area contributed by atoms with E-state index in [-0.39, 0.29) is 17.5 Å². The maximum absolute atomic E-state index is 11.6. The highest BCUT2D eigenvalue weighted by atomic mass is 127. The molecule has 0 amide bonds. The first-order chi connectivity index (χ1) is 10.00. The molecule has 7 heteroatoms. The zero-order chi connectivity index (χ0) is 15.0. The molecule has 1 aromatic heterocycles. The predicted octanol–water partition coefficient (Wildman–Crippen LogP) is 3.17. The van der Waals surface area contributed by atoms with Gasteiger partial charge in [-0.2, -0.15) is 0 Å². The van der Waals surface area contributed by atoms with Gasteiger partial charge >= 0.3 is 0 Å². The topological polar surface area (TPSA) is 52.0 Å². The normalized spacial score (nSPS) is 19.1. The van der Waals surface area contributed by atoms with Crippen LogP contribution in [-0.4, -0.2) is 35.4 Å². The summed E-state index contributed by atoms with van der Waals surface area (Å²) in [4.78, 5) is 4.70. The molecule has 1 aromatic carbocycles. The molecule has 0 N–H and O–H groups in total. The van der Waals surface area contributed by atoms with Gasteiger partial charge in [0.05, 0.1) is 22.5 Å². The third-order valence-electron chi connectivity index (χ3n) is 3.93. The van der Waals surface area contributed by atoms with Crippen molar-refractivity contribution in [3.05, 3.63) is 27.6 Å². The lowest BCUT2D eigenvalue weighted by atomic mass is 10.1. The van der Waals surface area contributed by atoms with Crippen LogP contribution in [0.3, 0.4) is 0 Å². The Hall–Kier alpha value is -0.340. The number of aromatic nitrogens is 2. The third-order valence-corrected chi connectivity index (χ3v) is 6.51. The number of sulfone groups is 1. The molecular weight excluding hydrogens is 423 g/mol. The highest BCUT2D eigenvalue weighted by Crippen LogP contribution is 2.30. The Morgan fingerprint density at radius 1 is 1.33 bits per heavy atom. The van der Waals surface area contributed by atoms with Crippen LogP contribution in [-0.2, 0) is 16.3 Å². The number of nitrogens with zero attached hydrogens (tertiary/aromatic N) is 2. The Morgan fingerprint density at radius 2 is 2.05 bits per heavy atom. The Balaban J connectivity index is 2.05. The van der Waals surface area contributed by atoms with Gasteiger partial charge in [0, 0.05) is 21.9 Å². The van der Waals surface area contributed by atoms with E-state index in [1.807, 2.05) is 0 Å². The van der Waals surface area contributed by atoms with Crippen molar-refractivity contribution in [3.8, 4) is 0 Å². The lowest BCUT2D eigenvalue weighted by Gasteiger charge is -2.25. The number of aryl methyl sites for hydroxylation is 1. The van der Waals surface area contributed by atoms with Crippen LogP contribution in [0.2, 0.25) is 0 Å². The van der Waals surface area contributed by atoms with Gasteiger partial charge in [0.1, 0.15) is 15.7 Å². The molecule has 1 aliphatic heterocycles. The molecule has 21 heavy (non-hydrogen) atoms. The number of imidazole rings is 1. The minimum atomic E-state index is -2.85. The highest BCUT2D eigenvalue weighted by Gasteiger charge is 2.27. The van der Waals surface area contributed by atoms with Crippen molar-refractivity contribution in [1.82, 2.24) is 9.55 Å². The number of halogens is 2. The second-order valence-electron chi connectivity index (χ2n) is 5.35. The van der Waals surface area contributed by atoms with E-state index in [2.05, 4.69) is 45.4 Å². The van der Waals surface area contributed by atoms with Crippen molar-refractivity contribution >= 4 is 55.1 Å². The van der Waals surface area contributed by atoms with E-state index in [9.17, 15) is 8.42 Å². The molecule has 114 valence electrons. The maximum atomic E-state index is 11.6. The summed E-state index contributed by atoms with van der Waals surface area (Å²) >= 11 is 8.17. The molecule has 1 fully saturated rings. The highest BCUT2D eigenvalue weighted by molar-refractivity contribution is 14.1. The quantitative estimate of drug-likeness (QED) is 0.546. The minimum absolute atomic E-state index is 0.205. The van der Waals surface area contributed by atoms with Crippen molar-refractivity contribution in [2.75, 3.05) is 17.4 Å². The molecule has 4 nitrogen and oxygen atoms in total. The number of rotatable bonds is 3. The third kappa shape index (κ3) is 3.22. The first kappa shape index (κ1) is 15.6. The molecule has 2 aromatic rings. The lowest BCUT2D eigenvalue weighted by molar-refractivity contribution is 0.447. The Morgan fingerprint density at radius 3 is 2.71 bits per heavy atom. The van der Waals surface area contributed by atoms with Crippen molar-refractivity contribution in [3.63, 3.8) is 0 Å². The summed E-state index contributed by atoms with van der Waals surface area (Å²) < 4.78 is 26.6. The Bertz CT molecular complexity index is 759. The van der Waals surface area contributed by atoms with Gasteiger partial charge in [-0.3, -0.25) is 0 Å². The van der Waals surface area contributed by atoms with E-state index in [0.717, 1.165) is 20.4 Å². The van der Waals surface area contributed by atoms with E-state index in [0.29, 0.717) is 25.1 Å². The van der Waals surface area contributed by atoms with Crippen LogP contribution in [0.25, 0.3) is 11.0 Å². The second kappa shape index (κ2) is 6.04. The van der Waals surface area contributed by atoms with Gasteiger partial charge in [0.25, 0.3) is 0 Å². The molecule has 3 rings (SSSR count). The summed E-state index contributed by atoms with van der Waals surface area (Å²) in [5.41, 5.74) is 2.05.